The van der Waals surface area contributed by atoms with Gasteiger partial charge < -0.3 is 0 Å². The predicted octanol–water partition coefficient (Wildman–Crippen LogP) is 6.30. The minimum Gasteiger partial charge on any atom is -0.0654 e. The number of hydrogen-bond acceptors (Lipinski definition) is 0. The molecule has 0 bridgehead atoms. The molecular formula is C16H33. The van der Waals surface area contributed by atoms with E-state index in [1.807, 2.05) is 0 Å². The summed E-state index contributed by atoms with van der Waals surface area (Å²) in [4.78, 5) is 0. The van der Waals surface area contributed by atoms with Gasteiger partial charge in [0.15, 0.2) is 0 Å². The average molecular weight is 226 g/mol. The number of rotatable bonds is 14. The van der Waals surface area contributed by atoms with Gasteiger partial charge in [0.05, 0.1) is 0 Å². The van der Waals surface area contributed by atoms with Crippen LogP contribution in [-0.4, -0.2) is 0 Å². The molecule has 1 radical (unpaired) electrons. The van der Waals surface area contributed by atoms with Gasteiger partial charge in [-0.25, -0.2) is 0 Å². The molecule has 0 aromatic carbocycles. The molecule has 0 aromatic rings. The summed E-state index contributed by atoms with van der Waals surface area (Å²) in [5, 5.41) is 0. The first-order valence-corrected chi connectivity index (χ1v) is 7.62. The average Bonchev–Trinajstić information content (AvgIpc) is 2.35. The second kappa shape index (κ2) is 15.0. The summed E-state index contributed by atoms with van der Waals surface area (Å²) >= 11 is 0. The third kappa shape index (κ3) is 14.0. The van der Waals surface area contributed by atoms with Crippen molar-refractivity contribution in [1.29, 1.82) is 0 Å². The maximum absolute atomic E-state index is 6.93. The maximum Gasteiger partial charge on any atom is 0.0267 e. The second-order valence-corrected chi connectivity index (χ2v) is 5.03. The zero-order valence-electron chi connectivity index (χ0n) is 12.5. The van der Waals surface area contributed by atoms with Crippen LogP contribution < -0.4 is 0 Å². The van der Waals surface area contributed by atoms with Gasteiger partial charge >= 0.3 is 0 Å². The Morgan fingerprint density at radius 3 is 1.38 bits per heavy atom. The fourth-order valence-electron chi connectivity index (χ4n) is 2.16. The fourth-order valence-corrected chi connectivity index (χ4v) is 2.16. The highest BCUT2D eigenvalue weighted by molar-refractivity contribution is 4.49. The van der Waals surface area contributed by atoms with E-state index in [1.165, 1.54) is 83.5 Å². The zero-order chi connectivity index (χ0) is 12.6. The molecule has 0 saturated carbocycles. The molecule has 0 aromatic heterocycles. The van der Waals surface area contributed by atoms with E-state index in [4.69, 9.17) is 1.37 Å². The molecule has 0 aliphatic heterocycles. The standard InChI is InChI=1S/C16H33/c1-3-5-7-9-11-13-15-16-14-12-10-8-6-4-2/h1,3-16H2,2H3/i1D. The summed E-state index contributed by atoms with van der Waals surface area (Å²) in [6.45, 7) is 3.82. The van der Waals surface area contributed by atoms with E-state index in [0.29, 0.717) is 0 Å². The number of hydrogen-bond donors (Lipinski definition) is 0. The lowest BCUT2D eigenvalue weighted by Crippen LogP contribution is -1.82. The van der Waals surface area contributed by atoms with Gasteiger partial charge in [-0.15, -0.1) is 0 Å². The molecule has 0 atom stereocenters. The number of unbranched alkanes of at least 4 members (excludes halogenated alkanes) is 13. The van der Waals surface area contributed by atoms with Crippen molar-refractivity contribution in [3.05, 3.63) is 6.90 Å². The van der Waals surface area contributed by atoms with Crippen LogP contribution in [0.3, 0.4) is 0 Å². The van der Waals surface area contributed by atoms with Gasteiger partial charge in [-0.05, 0) is 0 Å². The highest BCUT2D eigenvalue weighted by atomic mass is 14.0. The highest BCUT2D eigenvalue weighted by Crippen LogP contribution is 2.12. The van der Waals surface area contributed by atoms with E-state index >= 15 is 0 Å². The molecule has 0 aliphatic carbocycles. The minimum atomic E-state index is 0.984. The fraction of sp³-hybridized carbons (Fsp3) is 0.938. The first-order valence-electron chi connectivity index (χ1n) is 8.19. The van der Waals surface area contributed by atoms with Crippen LogP contribution in [0.2, 0.25) is 0 Å². The van der Waals surface area contributed by atoms with Crippen molar-refractivity contribution in [3.63, 3.8) is 0 Å². The Balaban J connectivity index is 2.85. The maximum atomic E-state index is 6.93. The molecule has 0 fully saturated rings. The van der Waals surface area contributed by atoms with Crippen molar-refractivity contribution in [3.8, 4) is 0 Å². The molecule has 0 amide bonds. The van der Waals surface area contributed by atoms with E-state index in [9.17, 15) is 0 Å². The van der Waals surface area contributed by atoms with Crippen molar-refractivity contribution < 1.29 is 1.37 Å². The van der Waals surface area contributed by atoms with E-state index < -0.39 is 0 Å². The molecule has 16 heavy (non-hydrogen) atoms. The molecule has 0 heteroatoms. The van der Waals surface area contributed by atoms with E-state index in [0.717, 1.165) is 6.42 Å². The van der Waals surface area contributed by atoms with Crippen LogP contribution in [0.1, 0.15) is 98.2 Å². The molecule has 0 saturated heterocycles. The summed E-state index contributed by atoms with van der Waals surface area (Å²) in [5.74, 6) is 0. The van der Waals surface area contributed by atoms with Crippen LogP contribution >= 0.6 is 0 Å². The zero-order valence-corrected chi connectivity index (χ0v) is 11.5. The van der Waals surface area contributed by atoms with Crippen LogP contribution in [0.4, 0.5) is 0 Å². The van der Waals surface area contributed by atoms with Gasteiger partial charge in [-0.2, -0.15) is 0 Å². The van der Waals surface area contributed by atoms with Crippen molar-refractivity contribution in [2.24, 2.45) is 0 Å². The van der Waals surface area contributed by atoms with Crippen molar-refractivity contribution in [1.82, 2.24) is 0 Å². The monoisotopic (exact) mass is 226 g/mol. The normalized spacial score (nSPS) is 11.7. The van der Waals surface area contributed by atoms with Crippen molar-refractivity contribution in [2.75, 3.05) is 0 Å². The molecular weight excluding hydrogens is 192 g/mol. The first-order chi connectivity index (χ1) is 8.41. The first kappa shape index (κ1) is 14.1. The van der Waals surface area contributed by atoms with Crippen LogP contribution in [-0.2, 0) is 0 Å². The Labute approximate surface area is 106 Å². The molecule has 0 spiro atoms. The van der Waals surface area contributed by atoms with Crippen LogP contribution in [0.25, 0.3) is 0 Å². The SMILES string of the molecule is [2H][CH]CCCCCCCCCCCCCCC. The molecule has 0 unspecified atom stereocenters. The molecule has 0 heterocycles. The van der Waals surface area contributed by atoms with Crippen molar-refractivity contribution >= 4 is 0 Å². The summed E-state index contributed by atoms with van der Waals surface area (Å²) in [6.07, 6.45) is 19.2. The third-order valence-electron chi connectivity index (χ3n) is 3.31. The van der Waals surface area contributed by atoms with E-state index in [-0.39, 0.29) is 0 Å². The lowest BCUT2D eigenvalue weighted by molar-refractivity contribution is 0.540. The topological polar surface area (TPSA) is 0 Å². The summed E-state index contributed by atoms with van der Waals surface area (Å²) in [6, 6.07) is 0. The molecule has 0 rings (SSSR count). The molecule has 0 nitrogen and oxygen atoms in total. The summed E-state index contributed by atoms with van der Waals surface area (Å²) in [5.41, 5.74) is 0. The van der Waals surface area contributed by atoms with Crippen LogP contribution in [0.5, 0.6) is 0 Å². The van der Waals surface area contributed by atoms with E-state index in [2.05, 4.69) is 6.92 Å². The predicted molar refractivity (Wildman–Crippen MR) is 75.7 cm³/mol. The molecule has 0 aliphatic rings. The van der Waals surface area contributed by atoms with Gasteiger partial charge in [0.25, 0.3) is 0 Å². The Kier molecular flexibility index (Phi) is 13.2. The quantitative estimate of drug-likeness (QED) is 0.305. The Morgan fingerprint density at radius 1 is 0.625 bits per heavy atom. The van der Waals surface area contributed by atoms with Crippen molar-refractivity contribution in [2.45, 2.75) is 96.8 Å². The van der Waals surface area contributed by atoms with Crippen LogP contribution in [0, 0.1) is 6.90 Å². The third-order valence-corrected chi connectivity index (χ3v) is 3.31. The molecule has 0 N–H and O–H groups in total. The van der Waals surface area contributed by atoms with Crippen LogP contribution in [0.15, 0.2) is 0 Å². The van der Waals surface area contributed by atoms with Gasteiger partial charge in [0, 0.05) is 1.37 Å². The second-order valence-electron chi connectivity index (χ2n) is 5.03. The lowest BCUT2D eigenvalue weighted by atomic mass is 10.0. The van der Waals surface area contributed by atoms with Gasteiger partial charge in [-0.3, -0.25) is 0 Å². The Morgan fingerprint density at radius 2 is 1.00 bits per heavy atom. The Bertz CT molecular complexity index is 109. The van der Waals surface area contributed by atoms with Gasteiger partial charge in [0.2, 0.25) is 0 Å². The summed E-state index contributed by atoms with van der Waals surface area (Å²) < 4.78 is 6.93. The Hall–Kier alpha value is 0. The van der Waals surface area contributed by atoms with Gasteiger partial charge in [0.1, 0.15) is 0 Å². The smallest absolute Gasteiger partial charge is 0.0267 e. The summed E-state index contributed by atoms with van der Waals surface area (Å²) in [7, 11) is 0. The largest absolute Gasteiger partial charge is 0.0654 e. The van der Waals surface area contributed by atoms with E-state index in [1.54, 1.807) is 6.90 Å². The lowest BCUT2D eigenvalue weighted by Gasteiger charge is -2.02. The highest BCUT2D eigenvalue weighted by Gasteiger charge is 1.92. The minimum absolute atomic E-state index is 0.984. The van der Waals surface area contributed by atoms with Gasteiger partial charge in [-0.1, -0.05) is 104 Å². The molecule has 97 valence electrons.